The lowest BCUT2D eigenvalue weighted by atomic mass is 10.6. The van der Waals surface area contributed by atoms with E-state index in [4.69, 9.17) is 0 Å². The first-order valence-corrected chi connectivity index (χ1v) is 4.62. The minimum Gasteiger partial charge on any atom is -0.195 e. The van der Waals surface area contributed by atoms with E-state index in [-0.39, 0.29) is 4.31 Å². The first kappa shape index (κ1) is 11.0. The summed E-state index contributed by atoms with van der Waals surface area (Å²) >= 11 is 0. The Bertz CT molecular complexity index is 223. The number of alkyl halides is 3. The molecule has 0 aromatic carbocycles. The van der Waals surface area contributed by atoms with Crippen molar-refractivity contribution in [3.8, 4) is 0 Å². The Morgan fingerprint density at radius 3 is 1.91 bits per heavy atom. The summed E-state index contributed by atoms with van der Waals surface area (Å²) in [5, 5.41) is 0. The van der Waals surface area contributed by atoms with Crippen LogP contribution in [-0.2, 0) is 9.24 Å². The van der Waals surface area contributed by atoms with Crippen LogP contribution >= 0.6 is 10.7 Å². The van der Waals surface area contributed by atoms with Gasteiger partial charge in [-0.1, -0.05) is 0 Å². The molecule has 0 N–H and O–H groups in total. The van der Waals surface area contributed by atoms with E-state index in [2.05, 4.69) is 10.7 Å². The van der Waals surface area contributed by atoms with Gasteiger partial charge in [0.05, 0.1) is 0 Å². The SMILES string of the molecule is CN(CC(F)(F)F)S(=O)(=O)Cl. The number of hydrogen-bond acceptors (Lipinski definition) is 2. The molecule has 8 heteroatoms. The summed E-state index contributed by atoms with van der Waals surface area (Å²) in [6, 6.07) is 0. The fraction of sp³-hybridized carbons (Fsp3) is 1.00. The number of nitrogens with zero attached hydrogens (tertiary/aromatic N) is 1. The summed E-state index contributed by atoms with van der Waals surface area (Å²) in [4.78, 5) is 0. The van der Waals surface area contributed by atoms with Crippen molar-refractivity contribution in [2.24, 2.45) is 0 Å². The fourth-order valence-electron chi connectivity index (χ4n) is 0.330. The van der Waals surface area contributed by atoms with Crippen LogP contribution in [0.4, 0.5) is 13.2 Å². The number of rotatable bonds is 2. The molecule has 0 bridgehead atoms. The average molecular weight is 212 g/mol. The lowest BCUT2D eigenvalue weighted by Crippen LogP contribution is -2.33. The van der Waals surface area contributed by atoms with E-state index in [1.807, 2.05) is 0 Å². The van der Waals surface area contributed by atoms with Gasteiger partial charge < -0.3 is 0 Å². The maximum absolute atomic E-state index is 11.5. The van der Waals surface area contributed by atoms with Crippen molar-refractivity contribution in [3.05, 3.63) is 0 Å². The predicted molar refractivity (Wildman–Crippen MR) is 33.5 cm³/mol. The van der Waals surface area contributed by atoms with Crippen molar-refractivity contribution in [2.45, 2.75) is 6.18 Å². The highest BCUT2D eigenvalue weighted by molar-refractivity contribution is 8.11. The van der Waals surface area contributed by atoms with Crippen molar-refractivity contribution < 1.29 is 21.6 Å². The van der Waals surface area contributed by atoms with E-state index in [9.17, 15) is 21.6 Å². The van der Waals surface area contributed by atoms with Crippen LogP contribution < -0.4 is 0 Å². The Morgan fingerprint density at radius 2 is 1.82 bits per heavy atom. The highest BCUT2D eigenvalue weighted by Gasteiger charge is 2.33. The minimum absolute atomic E-state index is 0.00849. The second kappa shape index (κ2) is 3.16. The van der Waals surface area contributed by atoms with Gasteiger partial charge in [-0.05, 0) is 0 Å². The second-order valence-corrected chi connectivity index (χ2v) is 4.43. The van der Waals surface area contributed by atoms with Crippen LogP contribution in [-0.4, -0.2) is 32.5 Å². The molecule has 0 rings (SSSR count). The molecule has 0 aliphatic heterocycles. The van der Waals surface area contributed by atoms with E-state index in [0.717, 1.165) is 7.05 Å². The fourth-order valence-corrected chi connectivity index (χ4v) is 0.777. The molecule has 0 aromatic heterocycles. The van der Waals surface area contributed by atoms with Crippen LogP contribution in [0, 0.1) is 0 Å². The summed E-state index contributed by atoms with van der Waals surface area (Å²) in [5.41, 5.74) is 0. The van der Waals surface area contributed by atoms with E-state index in [1.54, 1.807) is 0 Å². The van der Waals surface area contributed by atoms with Gasteiger partial charge in [0.2, 0.25) is 0 Å². The minimum atomic E-state index is -4.56. The smallest absolute Gasteiger partial charge is 0.195 e. The Morgan fingerprint density at radius 1 is 1.45 bits per heavy atom. The Kier molecular flexibility index (Phi) is 3.15. The summed E-state index contributed by atoms with van der Waals surface area (Å²) < 4.78 is 54.8. The topological polar surface area (TPSA) is 37.4 Å². The highest BCUT2D eigenvalue weighted by Crippen LogP contribution is 2.18. The molecule has 0 aliphatic carbocycles. The third kappa shape index (κ3) is 5.28. The van der Waals surface area contributed by atoms with Gasteiger partial charge in [-0.3, -0.25) is 0 Å². The van der Waals surface area contributed by atoms with Crippen molar-refractivity contribution in [3.63, 3.8) is 0 Å². The van der Waals surface area contributed by atoms with Crippen molar-refractivity contribution >= 4 is 19.9 Å². The molecule has 0 fully saturated rings. The largest absolute Gasteiger partial charge is 0.402 e. The molecule has 0 saturated carbocycles. The van der Waals surface area contributed by atoms with Gasteiger partial charge in [0.15, 0.2) is 0 Å². The lowest BCUT2D eigenvalue weighted by Gasteiger charge is -2.13. The first-order chi connectivity index (χ1) is 4.63. The Hall–Kier alpha value is -0.0100. The zero-order valence-corrected chi connectivity index (χ0v) is 6.96. The van der Waals surface area contributed by atoms with Gasteiger partial charge in [-0.15, -0.1) is 0 Å². The third-order valence-electron chi connectivity index (χ3n) is 0.774. The van der Waals surface area contributed by atoms with E-state index in [0.29, 0.717) is 0 Å². The summed E-state index contributed by atoms with van der Waals surface area (Å²) in [6.07, 6.45) is -4.56. The van der Waals surface area contributed by atoms with Crippen molar-refractivity contribution in [1.82, 2.24) is 4.31 Å². The van der Waals surface area contributed by atoms with Gasteiger partial charge in [-0.25, -0.2) is 0 Å². The molecule has 0 aliphatic rings. The van der Waals surface area contributed by atoms with E-state index >= 15 is 0 Å². The molecule has 3 nitrogen and oxygen atoms in total. The van der Waals surface area contributed by atoms with Gasteiger partial charge >= 0.3 is 6.18 Å². The van der Waals surface area contributed by atoms with Crippen LogP contribution in [0.2, 0.25) is 0 Å². The van der Waals surface area contributed by atoms with Gasteiger partial charge in [0, 0.05) is 17.7 Å². The average Bonchev–Trinajstić information content (AvgIpc) is 1.56. The molecule has 0 heterocycles. The standard InChI is InChI=1S/C3H5ClF3NO2S/c1-8(11(4,9)10)2-3(5,6)7/h2H2,1H3. The normalized spacial score (nSPS) is 14.0. The molecule has 0 saturated heterocycles. The second-order valence-electron chi connectivity index (χ2n) is 1.81. The predicted octanol–water partition coefficient (Wildman–Crippen LogP) is 0.964. The highest BCUT2D eigenvalue weighted by atomic mass is 35.7. The van der Waals surface area contributed by atoms with Crippen LogP contribution in [0.15, 0.2) is 0 Å². The summed E-state index contributed by atoms with van der Waals surface area (Å²) in [5.74, 6) is 0. The monoisotopic (exact) mass is 211 g/mol. The maximum Gasteiger partial charge on any atom is 0.402 e. The van der Waals surface area contributed by atoms with E-state index in [1.165, 1.54) is 0 Å². The summed E-state index contributed by atoms with van der Waals surface area (Å²) in [7, 11) is 1.08. The quantitative estimate of drug-likeness (QED) is 0.638. The zero-order chi connectivity index (χ0) is 9.28. The van der Waals surface area contributed by atoms with Gasteiger partial charge in [0.1, 0.15) is 6.54 Å². The molecule has 68 valence electrons. The molecule has 0 amide bonds. The molecular formula is C3H5ClF3NO2S. The van der Waals surface area contributed by atoms with Crippen LogP contribution in [0.5, 0.6) is 0 Å². The number of hydrogen-bond donors (Lipinski definition) is 0. The Balaban J connectivity index is 4.22. The molecule has 11 heavy (non-hydrogen) atoms. The van der Waals surface area contributed by atoms with Gasteiger partial charge in [0.25, 0.3) is 9.24 Å². The van der Waals surface area contributed by atoms with Crippen LogP contribution in [0.25, 0.3) is 0 Å². The Labute approximate surface area is 66.3 Å². The molecule has 0 unspecified atom stereocenters. The van der Waals surface area contributed by atoms with Crippen LogP contribution in [0.1, 0.15) is 0 Å². The first-order valence-electron chi connectivity index (χ1n) is 2.35. The molecular weight excluding hydrogens is 207 g/mol. The molecule has 0 aromatic rings. The maximum atomic E-state index is 11.5. The van der Waals surface area contributed by atoms with Crippen molar-refractivity contribution in [1.29, 1.82) is 0 Å². The van der Waals surface area contributed by atoms with Crippen LogP contribution in [0.3, 0.4) is 0 Å². The number of halogens is 4. The lowest BCUT2D eigenvalue weighted by molar-refractivity contribution is -0.134. The molecule has 0 radical (unpaired) electrons. The van der Waals surface area contributed by atoms with E-state index < -0.39 is 22.0 Å². The zero-order valence-electron chi connectivity index (χ0n) is 5.39. The summed E-state index contributed by atoms with van der Waals surface area (Å²) in [6.45, 7) is -1.57. The van der Waals surface area contributed by atoms with Crippen molar-refractivity contribution in [2.75, 3.05) is 13.6 Å². The molecule has 0 spiro atoms. The van der Waals surface area contributed by atoms with Gasteiger partial charge in [-0.2, -0.15) is 25.9 Å². The molecule has 0 atom stereocenters. The third-order valence-corrected chi connectivity index (χ3v) is 2.35.